The number of nitrogens with two attached hydrogens (primary N) is 1. The highest BCUT2D eigenvalue weighted by Crippen LogP contribution is 2.31. The van der Waals surface area contributed by atoms with Crippen LogP contribution in [0.15, 0.2) is 0 Å². The SMILES string of the molecule is CC(C)OC1OC(COC(=O)CCCCCN)C(OC2OC(CO)C(OC(C)C)C(O)C2O)C(O)C1O. The first-order chi connectivity index (χ1) is 17.5. The summed E-state index contributed by atoms with van der Waals surface area (Å²) in [5.41, 5.74) is 5.46. The van der Waals surface area contributed by atoms with Gasteiger partial charge in [0.05, 0.1) is 18.8 Å². The molecule has 13 nitrogen and oxygen atoms in total. The highest BCUT2D eigenvalue weighted by Gasteiger charge is 2.51. The fourth-order valence-electron chi connectivity index (χ4n) is 4.23. The summed E-state index contributed by atoms with van der Waals surface area (Å²) < 4.78 is 33.7. The van der Waals surface area contributed by atoms with E-state index < -0.39 is 74.0 Å². The summed E-state index contributed by atoms with van der Waals surface area (Å²) in [5.74, 6) is -0.486. The van der Waals surface area contributed by atoms with Gasteiger partial charge in [0.25, 0.3) is 0 Å². The molecule has 0 aliphatic carbocycles. The average Bonchev–Trinajstić information content (AvgIpc) is 2.84. The van der Waals surface area contributed by atoms with Crippen molar-refractivity contribution < 1.29 is 58.7 Å². The first-order valence-corrected chi connectivity index (χ1v) is 13.0. The van der Waals surface area contributed by atoms with Crippen molar-refractivity contribution >= 4 is 5.97 Å². The molecule has 2 heterocycles. The van der Waals surface area contributed by atoms with Crippen molar-refractivity contribution in [2.75, 3.05) is 19.8 Å². The molecule has 2 saturated heterocycles. The maximum Gasteiger partial charge on any atom is 0.305 e. The molecule has 0 bridgehead atoms. The first kappa shape index (κ1) is 32.2. The smallest absolute Gasteiger partial charge is 0.305 e. The van der Waals surface area contributed by atoms with Crippen LogP contribution in [-0.4, -0.2) is 125 Å². The van der Waals surface area contributed by atoms with Crippen LogP contribution in [-0.2, 0) is 33.2 Å². The standard InChI is InChI=1S/C24H45NO12/c1-12(2)33-21-14(10-26)35-24(20(31)17(21)28)37-22-15(11-32-16(27)8-6-5-7-9-25)36-23(34-13(3)4)19(30)18(22)29/h12-15,17-24,26,28-31H,5-11,25H2,1-4H3. The van der Waals surface area contributed by atoms with Crippen LogP contribution < -0.4 is 5.73 Å². The van der Waals surface area contributed by atoms with Crippen LogP contribution in [0.2, 0.25) is 0 Å². The van der Waals surface area contributed by atoms with Crippen LogP contribution in [0.1, 0.15) is 53.4 Å². The van der Waals surface area contributed by atoms with Crippen LogP contribution in [0.25, 0.3) is 0 Å². The van der Waals surface area contributed by atoms with Crippen molar-refractivity contribution in [2.45, 2.75) is 127 Å². The molecule has 37 heavy (non-hydrogen) atoms. The topological polar surface area (TPSA) is 200 Å². The van der Waals surface area contributed by atoms with Gasteiger partial charge < -0.3 is 59.7 Å². The van der Waals surface area contributed by atoms with Gasteiger partial charge in [0, 0.05) is 6.42 Å². The van der Waals surface area contributed by atoms with Crippen LogP contribution in [0.3, 0.4) is 0 Å². The van der Waals surface area contributed by atoms with E-state index in [0.717, 1.165) is 12.8 Å². The number of unbranched alkanes of at least 4 members (excludes halogenated alkanes) is 2. The number of hydrogen-bond donors (Lipinski definition) is 6. The molecule has 0 radical (unpaired) electrons. The third-order valence-electron chi connectivity index (χ3n) is 6.08. The Kier molecular flexibility index (Phi) is 13.6. The quantitative estimate of drug-likeness (QED) is 0.111. The van der Waals surface area contributed by atoms with Crippen molar-refractivity contribution in [3.63, 3.8) is 0 Å². The lowest BCUT2D eigenvalue weighted by Crippen LogP contribution is -2.65. The van der Waals surface area contributed by atoms with E-state index in [0.29, 0.717) is 13.0 Å². The van der Waals surface area contributed by atoms with Gasteiger partial charge in [0.1, 0.15) is 55.4 Å². The predicted octanol–water partition coefficient (Wildman–Crippen LogP) is -1.46. The number of carbonyl (C=O) groups excluding carboxylic acids is 1. The molecular weight excluding hydrogens is 494 g/mol. The molecule has 0 saturated carbocycles. The fraction of sp³-hybridized carbons (Fsp3) is 0.958. The molecule has 0 aromatic carbocycles. The minimum absolute atomic E-state index is 0.168. The third-order valence-corrected chi connectivity index (χ3v) is 6.08. The molecule has 2 aliphatic rings. The molecule has 0 aromatic rings. The van der Waals surface area contributed by atoms with Crippen LogP contribution in [0, 0.1) is 0 Å². The summed E-state index contributed by atoms with van der Waals surface area (Å²) in [6.45, 7) is 6.56. The van der Waals surface area contributed by atoms with Gasteiger partial charge in [-0.3, -0.25) is 4.79 Å². The van der Waals surface area contributed by atoms with E-state index in [2.05, 4.69) is 0 Å². The van der Waals surface area contributed by atoms with Crippen LogP contribution in [0.5, 0.6) is 0 Å². The molecule has 218 valence electrons. The largest absolute Gasteiger partial charge is 0.463 e. The number of ether oxygens (including phenoxy) is 6. The van der Waals surface area contributed by atoms with Crippen molar-refractivity contribution in [2.24, 2.45) is 5.73 Å². The minimum atomic E-state index is -1.62. The van der Waals surface area contributed by atoms with Gasteiger partial charge in [0.2, 0.25) is 0 Å². The molecule has 0 spiro atoms. The Bertz CT molecular complexity index is 666. The van der Waals surface area contributed by atoms with E-state index in [1.54, 1.807) is 27.7 Å². The number of aliphatic hydroxyl groups excluding tert-OH is 5. The lowest BCUT2D eigenvalue weighted by Gasteiger charge is -2.47. The molecular formula is C24H45NO12. The van der Waals surface area contributed by atoms with E-state index in [9.17, 15) is 30.3 Å². The minimum Gasteiger partial charge on any atom is -0.463 e. The van der Waals surface area contributed by atoms with E-state index in [1.807, 2.05) is 0 Å². The number of rotatable bonds is 14. The maximum absolute atomic E-state index is 12.2. The monoisotopic (exact) mass is 539 g/mol. The molecule has 0 amide bonds. The van der Waals surface area contributed by atoms with Crippen LogP contribution >= 0.6 is 0 Å². The van der Waals surface area contributed by atoms with Crippen LogP contribution in [0.4, 0.5) is 0 Å². The maximum atomic E-state index is 12.2. The highest BCUT2D eigenvalue weighted by atomic mass is 16.7. The van der Waals surface area contributed by atoms with Gasteiger partial charge in [-0.1, -0.05) is 6.42 Å². The Balaban J connectivity index is 2.14. The predicted molar refractivity (Wildman–Crippen MR) is 128 cm³/mol. The number of esters is 1. The van der Waals surface area contributed by atoms with E-state index >= 15 is 0 Å². The molecule has 2 aliphatic heterocycles. The van der Waals surface area contributed by atoms with Gasteiger partial charge in [-0.15, -0.1) is 0 Å². The van der Waals surface area contributed by atoms with Crippen molar-refractivity contribution in [1.82, 2.24) is 0 Å². The summed E-state index contributed by atoms with van der Waals surface area (Å²) in [7, 11) is 0. The lowest BCUT2D eigenvalue weighted by atomic mass is 9.96. The second-order valence-corrected chi connectivity index (χ2v) is 9.95. The molecule has 10 unspecified atom stereocenters. The van der Waals surface area contributed by atoms with Gasteiger partial charge >= 0.3 is 5.97 Å². The van der Waals surface area contributed by atoms with Gasteiger partial charge in [-0.05, 0) is 47.1 Å². The second-order valence-electron chi connectivity index (χ2n) is 9.95. The zero-order valence-corrected chi connectivity index (χ0v) is 22.0. The second kappa shape index (κ2) is 15.6. The summed E-state index contributed by atoms with van der Waals surface area (Å²) in [4.78, 5) is 12.2. The molecule has 10 atom stereocenters. The van der Waals surface area contributed by atoms with E-state index in [-0.39, 0.29) is 25.2 Å². The zero-order valence-electron chi connectivity index (χ0n) is 22.0. The lowest BCUT2D eigenvalue weighted by molar-refractivity contribution is -0.364. The normalized spacial score (nSPS) is 36.8. The summed E-state index contributed by atoms with van der Waals surface area (Å²) >= 11 is 0. The van der Waals surface area contributed by atoms with Crippen molar-refractivity contribution in [3.8, 4) is 0 Å². The number of aliphatic hydroxyl groups is 5. The van der Waals surface area contributed by atoms with Gasteiger partial charge in [-0.25, -0.2) is 0 Å². The Labute approximate surface area is 217 Å². The van der Waals surface area contributed by atoms with Crippen molar-refractivity contribution in [3.05, 3.63) is 0 Å². The summed E-state index contributed by atoms with van der Waals surface area (Å²) in [6.07, 6.45) is -11.8. The molecule has 7 N–H and O–H groups in total. The molecule has 13 heteroatoms. The number of hydrogen-bond acceptors (Lipinski definition) is 13. The summed E-state index contributed by atoms with van der Waals surface area (Å²) in [5, 5.41) is 52.5. The zero-order chi connectivity index (χ0) is 27.7. The molecule has 2 fully saturated rings. The number of carbonyl (C=O) groups is 1. The van der Waals surface area contributed by atoms with Crippen molar-refractivity contribution in [1.29, 1.82) is 0 Å². The molecule has 0 aromatic heterocycles. The fourth-order valence-corrected chi connectivity index (χ4v) is 4.23. The molecule has 2 rings (SSSR count). The Hall–Kier alpha value is -0.970. The van der Waals surface area contributed by atoms with Gasteiger partial charge in [0.15, 0.2) is 12.6 Å². The first-order valence-electron chi connectivity index (χ1n) is 13.0. The Morgan fingerprint density at radius 2 is 1.41 bits per heavy atom. The Morgan fingerprint density at radius 1 is 0.811 bits per heavy atom. The van der Waals surface area contributed by atoms with E-state index in [1.165, 1.54) is 0 Å². The van der Waals surface area contributed by atoms with E-state index in [4.69, 9.17) is 34.2 Å². The average molecular weight is 540 g/mol. The Morgan fingerprint density at radius 3 is 2.00 bits per heavy atom. The third kappa shape index (κ3) is 9.32. The summed E-state index contributed by atoms with van der Waals surface area (Å²) in [6, 6.07) is 0. The van der Waals surface area contributed by atoms with Gasteiger partial charge in [-0.2, -0.15) is 0 Å². The highest BCUT2D eigenvalue weighted by molar-refractivity contribution is 5.69.